The van der Waals surface area contributed by atoms with E-state index in [2.05, 4.69) is 22.9 Å². The Kier molecular flexibility index (Phi) is 4.31. The molecule has 17 heavy (non-hydrogen) atoms. The quantitative estimate of drug-likeness (QED) is 0.581. The van der Waals surface area contributed by atoms with Crippen molar-refractivity contribution in [2.75, 3.05) is 0 Å². The molecule has 0 aliphatic carbocycles. The van der Waals surface area contributed by atoms with Crippen molar-refractivity contribution < 1.29 is 19.0 Å². The molecule has 2 saturated heterocycles. The monoisotopic (exact) mass is 306 g/mol. The van der Waals surface area contributed by atoms with E-state index in [-0.39, 0.29) is 24.4 Å². The summed E-state index contributed by atoms with van der Waals surface area (Å²) in [6.07, 6.45) is 2.99. The summed E-state index contributed by atoms with van der Waals surface area (Å²) in [4.78, 5) is 11.5. The van der Waals surface area contributed by atoms with Crippen LogP contribution in [-0.4, -0.2) is 35.4 Å². The topological polar surface area (TPSA) is 44.8 Å². The summed E-state index contributed by atoms with van der Waals surface area (Å²) in [5, 5.41) is 0. The van der Waals surface area contributed by atoms with Crippen molar-refractivity contribution >= 4 is 22.1 Å². The molecule has 5 atom stereocenters. The normalized spacial score (nSPS) is 39.6. The highest BCUT2D eigenvalue weighted by Gasteiger charge is 2.40. The number of hydrogen-bond donors (Lipinski definition) is 0. The minimum absolute atomic E-state index is 0.0899. The van der Waals surface area contributed by atoms with Crippen molar-refractivity contribution in [3.05, 3.63) is 0 Å². The van der Waals surface area contributed by atoms with Crippen LogP contribution in [0.2, 0.25) is 0 Å². The first-order valence-electron chi connectivity index (χ1n) is 6.27. The van der Waals surface area contributed by atoms with Gasteiger partial charge < -0.3 is 14.2 Å². The third kappa shape index (κ3) is 3.13. The van der Waals surface area contributed by atoms with E-state index >= 15 is 0 Å². The van der Waals surface area contributed by atoms with Crippen LogP contribution in [0.15, 0.2) is 0 Å². The summed E-state index contributed by atoms with van der Waals surface area (Å²) >= 11 is 3.65. The van der Waals surface area contributed by atoms with Crippen LogP contribution < -0.4 is 0 Å². The van der Waals surface area contributed by atoms with Gasteiger partial charge in [-0.25, -0.2) is 4.79 Å². The molecular formula is C12H19BrO4. The predicted molar refractivity (Wildman–Crippen MR) is 66.3 cm³/mol. The van der Waals surface area contributed by atoms with Crippen molar-refractivity contribution in [2.45, 2.75) is 68.8 Å². The highest BCUT2D eigenvalue weighted by molar-refractivity contribution is 9.09. The smallest absolute Gasteiger partial charge is 0.427 e. The summed E-state index contributed by atoms with van der Waals surface area (Å²) in [5.41, 5.74) is 0. The Bertz CT molecular complexity index is 284. The fraction of sp³-hybridized carbons (Fsp3) is 0.917. The molecule has 0 amide bonds. The van der Waals surface area contributed by atoms with Crippen molar-refractivity contribution in [3.8, 4) is 0 Å². The van der Waals surface area contributed by atoms with Crippen molar-refractivity contribution in [2.24, 2.45) is 0 Å². The largest absolute Gasteiger partial charge is 0.509 e. The summed E-state index contributed by atoms with van der Waals surface area (Å²) in [5.74, 6) is 0. The molecule has 0 N–H and O–H groups in total. The average molecular weight is 307 g/mol. The number of halogens is 1. The molecule has 2 aliphatic heterocycles. The van der Waals surface area contributed by atoms with Crippen LogP contribution in [0.1, 0.15) is 39.5 Å². The number of carbonyl (C=O) groups is 1. The lowest BCUT2D eigenvalue weighted by Gasteiger charge is -2.31. The maximum absolute atomic E-state index is 11.1. The van der Waals surface area contributed by atoms with Crippen LogP contribution in [0, 0.1) is 0 Å². The molecule has 2 aliphatic rings. The zero-order valence-electron chi connectivity index (χ0n) is 10.2. The van der Waals surface area contributed by atoms with Crippen molar-refractivity contribution in [3.63, 3.8) is 0 Å². The summed E-state index contributed by atoms with van der Waals surface area (Å²) in [6, 6.07) is 0. The molecule has 5 heteroatoms. The minimum Gasteiger partial charge on any atom is -0.427 e. The Morgan fingerprint density at radius 3 is 2.76 bits per heavy atom. The van der Waals surface area contributed by atoms with E-state index in [1.807, 2.05) is 6.92 Å². The van der Waals surface area contributed by atoms with Crippen LogP contribution in [0.4, 0.5) is 4.79 Å². The lowest BCUT2D eigenvalue weighted by molar-refractivity contribution is -0.0510. The van der Waals surface area contributed by atoms with E-state index in [4.69, 9.17) is 14.2 Å². The second kappa shape index (κ2) is 5.57. The molecule has 2 fully saturated rings. The molecule has 0 unspecified atom stereocenters. The van der Waals surface area contributed by atoms with Gasteiger partial charge in [0, 0.05) is 11.2 Å². The maximum atomic E-state index is 11.1. The molecule has 0 saturated carbocycles. The van der Waals surface area contributed by atoms with Gasteiger partial charge in [-0.3, -0.25) is 0 Å². The van der Waals surface area contributed by atoms with Gasteiger partial charge in [0.05, 0.1) is 12.2 Å². The zero-order chi connectivity index (χ0) is 12.4. The summed E-state index contributed by atoms with van der Waals surface area (Å²) in [6.45, 7) is 4.16. The average Bonchev–Trinajstić information content (AvgIpc) is 2.60. The highest BCUT2D eigenvalue weighted by Crippen LogP contribution is 2.30. The number of fused-ring (bicyclic) bond motifs is 1. The third-order valence-electron chi connectivity index (χ3n) is 3.41. The summed E-state index contributed by atoms with van der Waals surface area (Å²) in [7, 11) is 0. The molecule has 0 spiro atoms. The molecule has 0 aromatic carbocycles. The van der Waals surface area contributed by atoms with Gasteiger partial charge in [0.15, 0.2) is 0 Å². The van der Waals surface area contributed by atoms with E-state index in [1.54, 1.807) is 0 Å². The van der Waals surface area contributed by atoms with E-state index in [0.29, 0.717) is 4.83 Å². The summed E-state index contributed by atoms with van der Waals surface area (Å²) < 4.78 is 16.3. The van der Waals surface area contributed by atoms with Crippen molar-refractivity contribution in [1.29, 1.82) is 0 Å². The Balaban J connectivity index is 2.00. The first-order chi connectivity index (χ1) is 8.10. The molecule has 2 heterocycles. The van der Waals surface area contributed by atoms with Gasteiger partial charge >= 0.3 is 6.16 Å². The van der Waals surface area contributed by atoms with Crippen LogP contribution in [0.3, 0.4) is 0 Å². The maximum Gasteiger partial charge on any atom is 0.509 e. The van der Waals surface area contributed by atoms with Gasteiger partial charge in [0.2, 0.25) is 0 Å². The van der Waals surface area contributed by atoms with Crippen molar-refractivity contribution in [1.82, 2.24) is 0 Å². The second-order valence-corrected chi connectivity index (χ2v) is 5.96. The number of rotatable bonds is 2. The number of ether oxygens (including phenoxy) is 3. The van der Waals surface area contributed by atoms with Gasteiger partial charge in [-0.2, -0.15) is 0 Å². The van der Waals surface area contributed by atoms with E-state index in [1.165, 1.54) is 0 Å². The Labute approximate surface area is 110 Å². The molecule has 0 bridgehead atoms. The first kappa shape index (κ1) is 13.1. The second-order valence-electron chi connectivity index (χ2n) is 4.79. The molecular weight excluding hydrogens is 288 g/mol. The minimum atomic E-state index is -0.531. The molecule has 4 nitrogen and oxygen atoms in total. The number of alkyl halides is 1. The molecule has 98 valence electrons. The number of hydrogen-bond acceptors (Lipinski definition) is 4. The fourth-order valence-electron chi connectivity index (χ4n) is 2.48. The lowest BCUT2D eigenvalue weighted by atomic mass is 9.97. The molecule has 0 radical (unpaired) electrons. The van der Waals surface area contributed by atoms with Crippen LogP contribution in [0.25, 0.3) is 0 Å². The standard InChI is InChI=1S/C12H19BrO4/c1-3-8(13)9-4-5-10-11(6-7(2)15-9)17-12(14)16-10/h7-11H,3-6H2,1-2H3/t7-,8-,9-,10+,11-/m0/s1. The SMILES string of the molecule is CC[C@H](Br)[C@@H]1CC[C@H]2OC(=O)O[C@H]2C[C@H](C)O1. The fourth-order valence-corrected chi connectivity index (χ4v) is 2.87. The Hall–Kier alpha value is -0.290. The van der Waals surface area contributed by atoms with E-state index < -0.39 is 6.16 Å². The van der Waals surface area contributed by atoms with E-state index in [9.17, 15) is 4.79 Å². The highest BCUT2D eigenvalue weighted by atomic mass is 79.9. The number of carbonyl (C=O) groups excluding carboxylic acids is 1. The lowest BCUT2D eigenvalue weighted by Crippen LogP contribution is -2.37. The zero-order valence-corrected chi connectivity index (χ0v) is 11.8. The first-order valence-corrected chi connectivity index (χ1v) is 7.18. The van der Waals surface area contributed by atoms with Crippen LogP contribution in [-0.2, 0) is 14.2 Å². The Morgan fingerprint density at radius 1 is 1.35 bits per heavy atom. The van der Waals surface area contributed by atoms with Crippen LogP contribution in [0.5, 0.6) is 0 Å². The predicted octanol–water partition coefficient (Wildman–Crippen LogP) is 3.02. The van der Waals surface area contributed by atoms with E-state index in [0.717, 1.165) is 25.7 Å². The molecule has 2 rings (SSSR count). The molecule has 0 aromatic rings. The van der Waals surface area contributed by atoms with Crippen LogP contribution >= 0.6 is 15.9 Å². The van der Waals surface area contributed by atoms with Gasteiger partial charge in [-0.15, -0.1) is 0 Å². The van der Waals surface area contributed by atoms with Gasteiger partial charge in [-0.05, 0) is 26.2 Å². The molecule has 0 aromatic heterocycles. The van der Waals surface area contributed by atoms with Gasteiger partial charge in [0.1, 0.15) is 12.2 Å². The van der Waals surface area contributed by atoms with Gasteiger partial charge in [-0.1, -0.05) is 22.9 Å². The van der Waals surface area contributed by atoms with Gasteiger partial charge in [0.25, 0.3) is 0 Å². The Morgan fingerprint density at radius 2 is 2.06 bits per heavy atom. The third-order valence-corrected chi connectivity index (χ3v) is 4.65.